The van der Waals surface area contributed by atoms with Crippen molar-refractivity contribution in [3.8, 4) is 5.75 Å². The zero-order valence-corrected chi connectivity index (χ0v) is 15.6. The molecule has 25 heavy (non-hydrogen) atoms. The van der Waals surface area contributed by atoms with E-state index < -0.39 is 10.1 Å². The maximum Gasteiger partial charge on any atom is 0.343 e. The van der Waals surface area contributed by atoms with Gasteiger partial charge in [0.15, 0.2) is 0 Å². The predicted octanol–water partition coefficient (Wildman–Crippen LogP) is 2.27. The Bertz CT molecular complexity index is 770. The molecule has 0 radical (unpaired) electrons. The van der Waals surface area contributed by atoms with Gasteiger partial charge in [0, 0.05) is 11.8 Å². The second-order valence-corrected chi connectivity index (χ2v) is 7.96. The van der Waals surface area contributed by atoms with Gasteiger partial charge in [0.05, 0.1) is 36.8 Å². The normalized spacial score (nSPS) is 11.2. The van der Waals surface area contributed by atoms with Gasteiger partial charge < -0.3 is 13.8 Å². The molecule has 0 atom stereocenters. The lowest BCUT2D eigenvalue weighted by atomic mass is 10.1. The molecule has 0 heterocycles. The summed E-state index contributed by atoms with van der Waals surface area (Å²) in [5.41, 5.74) is 1.77. The first-order valence-corrected chi connectivity index (χ1v) is 9.33. The number of quaternary nitrogens is 1. The first-order chi connectivity index (χ1) is 11.4. The minimum atomic E-state index is -3.92. The average Bonchev–Trinajstić information content (AvgIpc) is 2.45. The van der Waals surface area contributed by atoms with Gasteiger partial charge in [-0.25, -0.2) is 13.2 Å². The highest BCUT2D eigenvalue weighted by atomic mass is 32.2. The molecule has 0 aromatic heterocycles. The van der Waals surface area contributed by atoms with Crippen LogP contribution >= 0.6 is 0 Å². The minimum absolute atomic E-state index is 0.326. The lowest BCUT2D eigenvalue weighted by Gasteiger charge is -2.23. The number of hydrogen-bond acceptors (Lipinski definition) is 5. The molecule has 0 saturated heterocycles. The first kappa shape index (κ1) is 20.8. The van der Waals surface area contributed by atoms with Crippen LogP contribution in [0.5, 0.6) is 5.75 Å². The van der Waals surface area contributed by atoms with Crippen molar-refractivity contribution in [1.29, 1.82) is 0 Å². The van der Waals surface area contributed by atoms with Crippen LogP contribution in [0.4, 0.5) is 0 Å². The molecule has 2 aromatic carbocycles. The van der Waals surface area contributed by atoms with Crippen molar-refractivity contribution in [3.63, 3.8) is 0 Å². The van der Waals surface area contributed by atoms with E-state index in [0.29, 0.717) is 17.6 Å². The zero-order valence-electron chi connectivity index (χ0n) is 14.8. The van der Waals surface area contributed by atoms with Crippen LogP contribution in [0.15, 0.2) is 54.6 Å². The second-order valence-electron chi connectivity index (χ2n) is 6.55. The Morgan fingerprint density at radius 1 is 1.00 bits per heavy atom. The SMILES string of the molecule is CS(=O)(=O)[O-].C[N+](C)(C)Cc1ccc(C(=O)Oc2ccccc2)cc1. The van der Waals surface area contributed by atoms with Crippen LogP contribution < -0.4 is 4.74 Å². The zero-order chi connectivity index (χ0) is 19.1. The lowest BCUT2D eigenvalue weighted by molar-refractivity contribution is -0.884. The Labute approximate surface area is 149 Å². The van der Waals surface area contributed by atoms with Crippen molar-refractivity contribution in [2.24, 2.45) is 0 Å². The average molecular weight is 365 g/mol. The van der Waals surface area contributed by atoms with Crippen LogP contribution in [0.2, 0.25) is 0 Å². The Kier molecular flexibility index (Phi) is 7.29. The molecule has 136 valence electrons. The number of para-hydroxylation sites is 1. The second kappa shape index (κ2) is 8.75. The molecule has 0 bridgehead atoms. The lowest BCUT2D eigenvalue weighted by Crippen LogP contribution is -2.33. The summed E-state index contributed by atoms with van der Waals surface area (Å²) in [4.78, 5) is 12.0. The Balaban J connectivity index is 0.000000550. The van der Waals surface area contributed by atoms with Gasteiger partial charge in [-0.2, -0.15) is 0 Å². The summed E-state index contributed by atoms with van der Waals surface area (Å²) in [5.74, 6) is 0.237. The van der Waals surface area contributed by atoms with E-state index in [0.717, 1.165) is 11.0 Å². The van der Waals surface area contributed by atoms with Crippen molar-refractivity contribution in [3.05, 3.63) is 65.7 Å². The molecule has 0 aliphatic heterocycles. The summed E-state index contributed by atoms with van der Waals surface area (Å²) in [7, 11) is 2.49. The van der Waals surface area contributed by atoms with Gasteiger partial charge in [0.25, 0.3) is 0 Å². The van der Waals surface area contributed by atoms with E-state index in [1.807, 2.05) is 42.5 Å². The molecule has 0 unspecified atom stereocenters. The van der Waals surface area contributed by atoms with Crippen LogP contribution in [0.25, 0.3) is 0 Å². The molecular formula is C18H23NO5S. The van der Waals surface area contributed by atoms with E-state index in [9.17, 15) is 4.79 Å². The number of esters is 1. The molecular weight excluding hydrogens is 342 g/mol. The molecule has 2 aromatic rings. The summed E-state index contributed by atoms with van der Waals surface area (Å²) in [6, 6.07) is 16.7. The van der Waals surface area contributed by atoms with Gasteiger partial charge in [-0.15, -0.1) is 0 Å². The highest BCUT2D eigenvalue weighted by molar-refractivity contribution is 7.84. The quantitative estimate of drug-likeness (QED) is 0.359. The molecule has 0 spiro atoms. The molecule has 0 amide bonds. The molecule has 0 aliphatic rings. The first-order valence-electron chi connectivity index (χ1n) is 7.51. The maximum absolute atomic E-state index is 12.0. The van der Waals surface area contributed by atoms with Gasteiger partial charge in [0.1, 0.15) is 12.3 Å². The topological polar surface area (TPSA) is 83.5 Å². The Morgan fingerprint density at radius 2 is 1.48 bits per heavy atom. The van der Waals surface area contributed by atoms with Gasteiger partial charge in [-0.05, 0) is 24.3 Å². The monoisotopic (exact) mass is 365 g/mol. The number of ether oxygens (including phenoxy) is 1. The fourth-order valence-electron chi connectivity index (χ4n) is 1.95. The molecule has 0 fully saturated rings. The van der Waals surface area contributed by atoms with Crippen molar-refractivity contribution in [2.45, 2.75) is 6.54 Å². The molecule has 2 rings (SSSR count). The molecule has 7 heteroatoms. The van der Waals surface area contributed by atoms with E-state index in [2.05, 4.69) is 21.1 Å². The van der Waals surface area contributed by atoms with E-state index in [1.165, 1.54) is 5.56 Å². The van der Waals surface area contributed by atoms with E-state index >= 15 is 0 Å². The van der Waals surface area contributed by atoms with Crippen LogP contribution in [-0.2, 0) is 16.7 Å². The fourth-order valence-corrected chi connectivity index (χ4v) is 1.95. The maximum atomic E-state index is 12.0. The number of nitrogens with zero attached hydrogens (tertiary/aromatic N) is 1. The van der Waals surface area contributed by atoms with Crippen LogP contribution in [0, 0.1) is 0 Å². The standard InChI is InChI=1S/C17H20NO2.CH4O3S/c1-18(2,3)13-14-9-11-15(12-10-14)17(19)20-16-7-5-4-6-8-16;1-5(2,3)4/h4-12H,13H2,1-3H3;1H3,(H,2,3,4)/q+1;/p-1. The van der Waals surface area contributed by atoms with Crippen molar-refractivity contribution in [1.82, 2.24) is 0 Å². The number of carbonyl (C=O) groups is 1. The van der Waals surface area contributed by atoms with Gasteiger partial charge >= 0.3 is 5.97 Å². The molecule has 6 nitrogen and oxygen atoms in total. The van der Waals surface area contributed by atoms with Crippen LogP contribution in [0.1, 0.15) is 15.9 Å². The number of hydrogen-bond donors (Lipinski definition) is 0. The van der Waals surface area contributed by atoms with Gasteiger partial charge in [-0.1, -0.05) is 30.3 Å². The molecule has 0 N–H and O–H groups in total. The van der Waals surface area contributed by atoms with Crippen LogP contribution in [0.3, 0.4) is 0 Å². The van der Waals surface area contributed by atoms with Crippen molar-refractivity contribution >= 4 is 16.1 Å². The van der Waals surface area contributed by atoms with Crippen molar-refractivity contribution < 1.29 is 27.0 Å². The van der Waals surface area contributed by atoms with E-state index in [-0.39, 0.29) is 5.97 Å². The van der Waals surface area contributed by atoms with E-state index in [4.69, 9.17) is 17.7 Å². The summed E-state index contributed by atoms with van der Waals surface area (Å²) >= 11 is 0. The number of benzene rings is 2. The highest BCUT2D eigenvalue weighted by Crippen LogP contribution is 2.13. The molecule has 0 aliphatic carbocycles. The van der Waals surface area contributed by atoms with Gasteiger partial charge in [0.2, 0.25) is 0 Å². The third-order valence-corrected chi connectivity index (χ3v) is 2.80. The number of rotatable bonds is 4. The van der Waals surface area contributed by atoms with E-state index in [1.54, 1.807) is 12.1 Å². The number of carbonyl (C=O) groups excluding carboxylic acids is 1. The molecule has 0 saturated carbocycles. The minimum Gasteiger partial charge on any atom is -0.748 e. The Hall–Kier alpha value is -2.22. The predicted molar refractivity (Wildman–Crippen MR) is 95.2 cm³/mol. The third kappa shape index (κ3) is 10.3. The highest BCUT2D eigenvalue weighted by Gasteiger charge is 2.11. The Morgan fingerprint density at radius 3 is 1.92 bits per heavy atom. The summed E-state index contributed by atoms with van der Waals surface area (Å²) in [6.45, 7) is 0.925. The summed E-state index contributed by atoms with van der Waals surface area (Å²) in [5, 5.41) is 0. The van der Waals surface area contributed by atoms with Crippen molar-refractivity contribution in [2.75, 3.05) is 27.4 Å². The third-order valence-electron chi connectivity index (χ3n) is 2.80. The largest absolute Gasteiger partial charge is 0.748 e. The smallest absolute Gasteiger partial charge is 0.343 e. The van der Waals surface area contributed by atoms with Gasteiger partial charge in [-0.3, -0.25) is 0 Å². The fraction of sp³-hybridized carbons (Fsp3) is 0.278. The van der Waals surface area contributed by atoms with Crippen LogP contribution in [-0.4, -0.2) is 50.8 Å². The summed E-state index contributed by atoms with van der Waals surface area (Å²) in [6.07, 6.45) is 0.604. The summed E-state index contributed by atoms with van der Waals surface area (Å²) < 4.78 is 33.4.